The van der Waals surface area contributed by atoms with Crippen LogP contribution in [-0.4, -0.2) is 34.0 Å². The molecule has 1 heterocycles. The molecule has 0 spiro atoms. The summed E-state index contributed by atoms with van der Waals surface area (Å²) in [6.45, 7) is 2.41. The van der Waals surface area contributed by atoms with E-state index in [1.54, 1.807) is 7.11 Å². The predicted octanol–water partition coefficient (Wildman–Crippen LogP) is 5.38. The first-order valence-electron chi connectivity index (χ1n) is 10.3. The number of fused-ring (bicyclic) bond motifs is 1. The number of hydrogen-bond donors (Lipinski definition) is 1. The van der Waals surface area contributed by atoms with Crippen LogP contribution >= 0.6 is 23.4 Å². The molecule has 0 aliphatic carbocycles. The largest absolute Gasteiger partial charge is 0.497 e. The van der Waals surface area contributed by atoms with Gasteiger partial charge in [-0.2, -0.15) is 5.10 Å². The molecule has 0 aliphatic heterocycles. The number of rotatable bonds is 8. The monoisotopic (exact) mass is 478 g/mol. The Hall–Kier alpha value is -3.29. The van der Waals surface area contributed by atoms with E-state index in [-0.39, 0.29) is 11.7 Å². The molecule has 0 fully saturated rings. The van der Waals surface area contributed by atoms with E-state index in [1.807, 2.05) is 79.7 Å². The first-order chi connectivity index (χ1) is 16.0. The number of para-hydroxylation sites is 2. The molecule has 4 rings (SSSR count). The first kappa shape index (κ1) is 22.9. The van der Waals surface area contributed by atoms with Gasteiger partial charge in [0.2, 0.25) is 0 Å². The fourth-order valence-electron chi connectivity index (χ4n) is 3.33. The molecule has 3 aromatic carbocycles. The molecule has 33 heavy (non-hydrogen) atoms. The molecular weight excluding hydrogens is 456 g/mol. The zero-order valence-electron chi connectivity index (χ0n) is 18.3. The van der Waals surface area contributed by atoms with E-state index in [0.717, 1.165) is 33.1 Å². The normalized spacial score (nSPS) is 11.5. The summed E-state index contributed by atoms with van der Waals surface area (Å²) in [5.74, 6) is 0.709. The number of nitrogens with one attached hydrogen (secondary N) is 1. The highest BCUT2D eigenvalue weighted by atomic mass is 35.5. The summed E-state index contributed by atoms with van der Waals surface area (Å²) in [6, 6.07) is 23.2. The van der Waals surface area contributed by atoms with Crippen LogP contribution in [0.4, 0.5) is 0 Å². The van der Waals surface area contributed by atoms with E-state index in [2.05, 4.69) is 15.1 Å². The van der Waals surface area contributed by atoms with Crippen LogP contribution < -0.4 is 10.2 Å². The number of methoxy groups -OCH3 is 1. The summed E-state index contributed by atoms with van der Waals surface area (Å²) in [5, 5.41) is 5.68. The van der Waals surface area contributed by atoms with Gasteiger partial charge in [-0.3, -0.25) is 4.79 Å². The molecule has 0 atom stereocenters. The van der Waals surface area contributed by atoms with Gasteiger partial charge in [-0.25, -0.2) is 10.4 Å². The third kappa shape index (κ3) is 5.56. The van der Waals surface area contributed by atoms with Crippen molar-refractivity contribution in [3.63, 3.8) is 0 Å². The minimum Gasteiger partial charge on any atom is -0.497 e. The Morgan fingerprint density at radius 2 is 1.91 bits per heavy atom. The van der Waals surface area contributed by atoms with Gasteiger partial charge in [0, 0.05) is 10.6 Å². The average molecular weight is 479 g/mol. The second kappa shape index (κ2) is 10.6. The van der Waals surface area contributed by atoms with Crippen LogP contribution in [0.25, 0.3) is 11.0 Å². The predicted molar refractivity (Wildman–Crippen MR) is 134 cm³/mol. The molecule has 1 amide bonds. The molecule has 1 N–H and O–H groups in total. The molecule has 0 unspecified atom stereocenters. The summed E-state index contributed by atoms with van der Waals surface area (Å²) in [6.07, 6.45) is 0. The highest BCUT2D eigenvalue weighted by Crippen LogP contribution is 2.27. The van der Waals surface area contributed by atoms with Crippen LogP contribution in [0.3, 0.4) is 0 Å². The Balaban J connectivity index is 1.47. The smallest absolute Gasteiger partial charge is 0.250 e. The van der Waals surface area contributed by atoms with Crippen LogP contribution in [0, 0.1) is 0 Å². The van der Waals surface area contributed by atoms with Gasteiger partial charge in [0.05, 0.1) is 36.2 Å². The number of nitrogens with zero attached hydrogens (tertiary/aromatic N) is 3. The molecule has 6 nitrogen and oxygen atoms in total. The number of carbonyl (C=O) groups excluding carboxylic acids is 1. The van der Waals surface area contributed by atoms with E-state index < -0.39 is 0 Å². The van der Waals surface area contributed by atoms with Crippen molar-refractivity contribution >= 4 is 46.0 Å². The molecule has 0 radical (unpaired) electrons. The molecule has 168 valence electrons. The molecule has 0 bridgehead atoms. The lowest BCUT2D eigenvalue weighted by atomic mass is 10.1. The number of halogens is 1. The highest BCUT2D eigenvalue weighted by molar-refractivity contribution is 7.99. The van der Waals surface area contributed by atoms with Gasteiger partial charge in [-0.15, -0.1) is 0 Å². The quantitative estimate of drug-likeness (QED) is 0.210. The second-order valence-corrected chi connectivity index (χ2v) is 8.66. The van der Waals surface area contributed by atoms with Crippen molar-refractivity contribution in [1.29, 1.82) is 0 Å². The lowest BCUT2D eigenvalue weighted by Gasteiger charge is -2.10. The SMILES string of the molecule is COc1cccc(/C(C)=N\NC(=O)CSc2nc3ccccc3n2Cc2ccccc2Cl)c1. The summed E-state index contributed by atoms with van der Waals surface area (Å²) >= 11 is 7.75. The lowest BCUT2D eigenvalue weighted by Crippen LogP contribution is -2.21. The number of ether oxygens (including phenoxy) is 1. The van der Waals surface area contributed by atoms with E-state index in [1.165, 1.54) is 11.8 Å². The van der Waals surface area contributed by atoms with E-state index in [0.29, 0.717) is 17.3 Å². The van der Waals surface area contributed by atoms with Gasteiger partial charge >= 0.3 is 0 Å². The molecule has 8 heteroatoms. The number of aromatic nitrogens is 2. The van der Waals surface area contributed by atoms with Crippen LogP contribution in [0.15, 0.2) is 83.1 Å². The number of thioether (sulfide) groups is 1. The van der Waals surface area contributed by atoms with Crippen molar-refractivity contribution in [2.24, 2.45) is 5.10 Å². The minimum atomic E-state index is -0.210. The Bertz CT molecular complexity index is 1320. The maximum absolute atomic E-state index is 12.5. The van der Waals surface area contributed by atoms with Crippen molar-refractivity contribution in [3.05, 3.63) is 88.9 Å². The van der Waals surface area contributed by atoms with Crippen LogP contribution in [0.2, 0.25) is 5.02 Å². The van der Waals surface area contributed by atoms with Crippen LogP contribution in [0.5, 0.6) is 5.75 Å². The van der Waals surface area contributed by atoms with E-state index >= 15 is 0 Å². The van der Waals surface area contributed by atoms with Crippen molar-refractivity contribution in [2.45, 2.75) is 18.6 Å². The van der Waals surface area contributed by atoms with Gasteiger partial charge in [0.1, 0.15) is 5.75 Å². The lowest BCUT2D eigenvalue weighted by molar-refractivity contribution is -0.118. The van der Waals surface area contributed by atoms with Crippen LogP contribution in [0.1, 0.15) is 18.1 Å². The fourth-order valence-corrected chi connectivity index (χ4v) is 4.34. The summed E-state index contributed by atoms with van der Waals surface area (Å²) in [5.41, 5.74) is 7.06. The van der Waals surface area contributed by atoms with Gasteiger partial charge in [-0.05, 0) is 42.8 Å². The Morgan fingerprint density at radius 3 is 2.73 bits per heavy atom. The Morgan fingerprint density at radius 1 is 1.12 bits per heavy atom. The van der Waals surface area contributed by atoms with Gasteiger partial charge in [0.25, 0.3) is 5.91 Å². The number of amides is 1. The number of imidazole rings is 1. The molecule has 4 aromatic rings. The number of carbonyl (C=O) groups is 1. The Kier molecular flexibility index (Phi) is 7.32. The maximum Gasteiger partial charge on any atom is 0.250 e. The molecular formula is C25H23ClN4O2S. The minimum absolute atomic E-state index is 0.181. The molecule has 0 saturated carbocycles. The fraction of sp³-hybridized carbons (Fsp3) is 0.160. The van der Waals surface area contributed by atoms with Crippen molar-refractivity contribution < 1.29 is 9.53 Å². The first-order valence-corrected chi connectivity index (χ1v) is 11.7. The second-order valence-electron chi connectivity index (χ2n) is 7.31. The number of hydrazone groups is 1. The Labute approximate surface area is 201 Å². The third-order valence-corrected chi connectivity index (χ3v) is 6.42. The van der Waals surface area contributed by atoms with Crippen molar-refractivity contribution in [2.75, 3.05) is 12.9 Å². The number of hydrogen-bond acceptors (Lipinski definition) is 5. The van der Waals surface area contributed by atoms with E-state index in [9.17, 15) is 4.79 Å². The highest BCUT2D eigenvalue weighted by Gasteiger charge is 2.14. The maximum atomic E-state index is 12.5. The average Bonchev–Trinajstić information content (AvgIpc) is 3.20. The number of benzene rings is 3. The third-order valence-electron chi connectivity index (χ3n) is 5.07. The van der Waals surface area contributed by atoms with Gasteiger partial charge in [-0.1, -0.05) is 65.8 Å². The zero-order chi connectivity index (χ0) is 23.2. The van der Waals surface area contributed by atoms with Gasteiger partial charge in [0.15, 0.2) is 5.16 Å². The summed E-state index contributed by atoms with van der Waals surface area (Å²) < 4.78 is 7.32. The van der Waals surface area contributed by atoms with Gasteiger partial charge < -0.3 is 9.30 Å². The standard InChI is InChI=1S/C25H23ClN4O2S/c1-17(18-9-7-10-20(14-18)32-2)28-29-24(31)16-33-25-27-22-12-5-6-13-23(22)30(25)15-19-8-3-4-11-21(19)26/h3-14H,15-16H2,1-2H3,(H,29,31)/b28-17-. The topological polar surface area (TPSA) is 68.5 Å². The summed E-state index contributed by atoms with van der Waals surface area (Å²) in [4.78, 5) is 17.2. The molecule has 0 saturated heterocycles. The zero-order valence-corrected chi connectivity index (χ0v) is 19.9. The molecule has 1 aromatic heterocycles. The van der Waals surface area contributed by atoms with Crippen molar-refractivity contribution in [3.8, 4) is 5.75 Å². The summed E-state index contributed by atoms with van der Waals surface area (Å²) in [7, 11) is 1.61. The van der Waals surface area contributed by atoms with E-state index in [4.69, 9.17) is 21.3 Å². The molecule has 0 aliphatic rings. The van der Waals surface area contributed by atoms with Crippen LogP contribution in [-0.2, 0) is 11.3 Å². The van der Waals surface area contributed by atoms with Crippen molar-refractivity contribution in [1.82, 2.24) is 15.0 Å².